The van der Waals surface area contributed by atoms with Crippen LogP contribution in [0.3, 0.4) is 0 Å². The van der Waals surface area contributed by atoms with Gasteiger partial charge in [0, 0.05) is 55.3 Å². The Labute approximate surface area is 311 Å². The van der Waals surface area contributed by atoms with Crippen LogP contribution in [0.4, 0.5) is 8.78 Å². The Morgan fingerprint density at radius 2 is 1.87 bits per heavy atom. The average Bonchev–Trinajstić information content (AvgIpc) is 3.43. The van der Waals surface area contributed by atoms with Crippen LogP contribution in [0.1, 0.15) is 86.0 Å². The highest BCUT2D eigenvalue weighted by atomic mass is 35.5. The summed E-state index contributed by atoms with van der Waals surface area (Å²) in [6.07, 6.45) is 1.62. The number of hydrogen-bond acceptors (Lipinski definition) is 9. The van der Waals surface area contributed by atoms with Crippen molar-refractivity contribution < 1.29 is 42.1 Å². The van der Waals surface area contributed by atoms with Gasteiger partial charge in [0.05, 0.1) is 31.6 Å². The molecular formula is C38H44ClF2N5O7. The van der Waals surface area contributed by atoms with Crippen LogP contribution in [0.25, 0.3) is 0 Å². The molecule has 0 radical (unpaired) electrons. The van der Waals surface area contributed by atoms with Gasteiger partial charge in [0.25, 0.3) is 6.43 Å². The first-order valence-electron chi connectivity index (χ1n) is 17.9. The van der Waals surface area contributed by atoms with Crippen molar-refractivity contribution >= 4 is 29.4 Å². The number of likely N-dealkylation sites (tertiary alicyclic amines) is 1. The van der Waals surface area contributed by atoms with Crippen molar-refractivity contribution in [2.45, 2.75) is 77.6 Å². The lowest BCUT2D eigenvalue weighted by atomic mass is 9.78. The Morgan fingerprint density at radius 1 is 1.08 bits per heavy atom. The SMILES string of the molecule is COc1ccc(COC(=O)[C@@]2(C)CCC[C@H]2C(=O)N2CCc3c(Cl)ccc(OCc4nnn(C)c4C(F)F)c3[C@H]2CN2CC3(CC3)CC2=O)c(OC)c1. The molecule has 7 rings (SSSR count). The molecule has 1 spiro atoms. The summed E-state index contributed by atoms with van der Waals surface area (Å²) in [5, 5.41) is 8.14. The van der Waals surface area contributed by atoms with Gasteiger partial charge in [-0.05, 0) is 74.3 Å². The number of halogens is 3. The first kappa shape index (κ1) is 36.9. The van der Waals surface area contributed by atoms with E-state index in [4.69, 9.17) is 30.5 Å². The number of nitrogens with zero attached hydrogens (tertiary/aromatic N) is 5. The summed E-state index contributed by atoms with van der Waals surface area (Å²) in [4.78, 5) is 45.8. The summed E-state index contributed by atoms with van der Waals surface area (Å²) in [5.74, 6) is 0.124. The van der Waals surface area contributed by atoms with E-state index in [-0.39, 0.29) is 48.4 Å². The van der Waals surface area contributed by atoms with Crippen LogP contribution < -0.4 is 14.2 Å². The first-order chi connectivity index (χ1) is 25.4. The van der Waals surface area contributed by atoms with Gasteiger partial charge in [-0.3, -0.25) is 14.4 Å². The maximum atomic E-state index is 14.9. The van der Waals surface area contributed by atoms with Gasteiger partial charge in [-0.15, -0.1) is 5.10 Å². The predicted molar refractivity (Wildman–Crippen MR) is 188 cm³/mol. The molecule has 2 amide bonds. The summed E-state index contributed by atoms with van der Waals surface area (Å²) in [6, 6.07) is 7.94. The molecule has 15 heteroatoms. The van der Waals surface area contributed by atoms with Crippen molar-refractivity contribution in [1.82, 2.24) is 24.8 Å². The highest BCUT2D eigenvalue weighted by Crippen LogP contribution is 2.54. The van der Waals surface area contributed by atoms with E-state index < -0.39 is 29.8 Å². The van der Waals surface area contributed by atoms with E-state index in [1.807, 2.05) is 4.90 Å². The van der Waals surface area contributed by atoms with E-state index in [1.165, 1.54) is 14.2 Å². The molecule has 53 heavy (non-hydrogen) atoms. The molecule has 1 saturated heterocycles. The Kier molecular flexibility index (Phi) is 10.0. The number of rotatable bonds is 12. The van der Waals surface area contributed by atoms with E-state index in [2.05, 4.69) is 10.3 Å². The minimum absolute atomic E-state index is 0.00983. The van der Waals surface area contributed by atoms with Gasteiger partial charge in [-0.1, -0.05) is 23.2 Å². The van der Waals surface area contributed by atoms with Crippen molar-refractivity contribution in [2.24, 2.45) is 23.8 Å². The molecular weight excluding hydrogens is 712 g/mol. The van der Waals surface area contributed by atoms with Gasteiger partial charge in [0.15, 0.2) is 0 Å². The molecule has 3 heterocycles. The van der Waals surface area contributed by atoms with Crippen LogP contribution in [-0.2, 0) is 45.8 Å². The number of carbonyl (C=O) groups is 3. The Balaban J connectivity index is 1.18. The van der Waals surface area contributed by atoms with Crippen molar-refractivity contribution in [3.8, 4) is 17.2 Å². The second-order valence-corrected chi connectivity index (χ2v) is 15.3. The smallest absolute Gasteiger partial charge is 0.312 e. The molecule has 12 nitrogen and oxygen atoms in total. The molecule has 2 aliphatic carbocycles. The molecule has 2 aromatic carbocycles. The van der Waals surface area contributed by atoms with E-state index in [9.17, 15) is 23.2 Å². The number of fused-ring (bicyclic) bond motifs is 1. The molecule has 0 bridgehead atoms. The number of aryl methyl sites for hydroxylation is 1. The van der Waals surface area contributed by atoms with Gasteiger partial charge in [0.1, 0.15) is 41.9 Å². The molecule has 4 aliphatic rings. The standard InChI is InChI=1S/C38H44ClF2N5O7/c1-37(36(49)53-19-22-7-8-23(50-3)16-30(22)51-4)12-5-6-25(37)35(48)46-15-11-24-26(39)9-10-29(52-20-27-33(34(40)41)44(2)43-42-27)32(24)28(46)18-45-21-38(13-14-38)17-31(45)47/h7-10,16,25,28,34H,5-6,11-15,17-21H2,1-4H3/t25-,28+,37-/m0/s1. The third-order valence-electron chi connectivity index (χ3n) is 11.7. The minimum Gasteiger partial charge on any atom is -0.497 e. The minimum atomic E-state index is -2.81. The zero-order valence-corrected chi connectivity index (χ0v) is 31.1. The number of esters is 1. The molecule has 1 aromatic heterocycles. The van der Waals surface area contributed by atoms with E-state index >= 15 is 0 Å². The molecule has 3 atom stereocenters. The largest absolute Gasteiger partial charge is 0.497 e. The normalized spacial score (nSPS) is 23.1. The number of hydrogen-bond donors (Lipinski definition) is 0. The number of amides is 2. The third kappa shape index (κ3) is 6.90. The van der Waals surface area contributed by atoms with Crippen molar-refractivity contribution in [3.63, 3.8) is 0 Å². The van der Waals surface area contributed by atoms with Crippen LogP contribution in [-0.4, -0.2) is 76.4 Å². The first-order valence-corrected chi connectivity index (χ1v) is 18.3. The maximum Gasteiger partial charge on any atom is 0.312 e. The summed E-state index contributed by atoms with van der Waals surface area (Å²) in [6.45, 7) is 2.55. The number of aromatic nitrogens is 3. The second-order valence-electron chi connectivity index (χ2n) is 14.9. The van der Waals surface area contributed by atoms with Gasteiger partial charge in [0.2, 0.25) is 11.8 Å². The van der Waals surface area contributed by atoms with Crippen molar-refractivity contribution in [3.05, 3.63) is 63.4 Å². The molecule has 2 aliphatic heterocycles. The Bertz CT molecular complexity index is 1920. The van der Waals surface area contributed by atoms with E-state index in [0.717, 1.165) is 23.1 Å². The lowest BCUT2D eigenvalue weighted by Crippen LogP contribution is -2.50. The zero-order valence-electron chi connectivity index (χ0n) is 30.3. The topological polar surface area (TPSA) is 125 Å². The highest BCUT2D eigenvalue weighted by molar-refractivity contribution is 6.31. The van der Waals surface area contributed by atoms with Crippen LogP contribution in [0.2, 0.25) is 5.02 Å². The highest BCUT2D eigenvalue weighted by Gasteiger charge is 2.55. The van der Waals surface area contributed by atoms with Crippen LogP contribution in [0.15, 0.2) is 30.3 Å². The number of methoxy groups -OCH3 is 2. The number of carbonyl (C=O) groups excluding carboxylic acids is 3. The maximum absolute atomic E-state index is 14.9. The van der Waals surface area contributed by atoms with Crippen molar-refractivity contribution in [2.75, 3.05) is 33.9 Å². The Hall–Kier alpha value is -4.46. The van der Waals surface area contributed by atoms with Crippen LogP contribution in [0, 0.1) is 16.7 Å². The lowest BCUT2D eigenvalue weighted by molar-refractivity contribution is -0.164. The summed E-state index contributed by atoms with van der Waals surface area (Å²) in [7, 11) is 4.47. The average molecular weight is 756 g/mol. The molecule has 0 unspecified atom stereocenters. The monoisotopic (exact) mass is 755 g/mol. The number of ether oxygens (including phenoxy) is 4. The van der Waals surface area contributed by atoms with E-state index in [1.54, 1.807) is 49.3 Å². The zero-order chi connectivity index (χ0) is 37.7. The summed E-state index contributed by atoms with van der Waals surface area (Å²) >= 11 is 6.79. The fourth-order valence-corrected chi connectivity index (χ4v) is 8.70. The fraction of sp³-hybridized carbons (Fsp3) is 0.553. The van der Waals surface area contributed by atoms with Gasteiger partial charge in [-0.25, -0.2) is 13.5 Å². The second kappa shape index (κ2) is 14.4. The van der Waals surface area contributed by atoms with Gasteiger partial charge < -0.3 is 28.7 Å². The predicted octanol–water partition coefficient (Wildman–Crippen LogP) is 5.99. The molecule has 0 N–H and O–H groups in total. The van der Waals surface area contributed by atoms with Crippen LogP contribution >= 0.6 is 11.6 Å². The van der Waals surface area contributed by atoms with Gasteiger partial charge in [-0.2, -0.15) is 0 Å². The molecule has 2 saturated carbocycles. The summed E-state index contributed by atoms with van der Waals surface area (Å²) < 4.78 is 51.6. The van der Waals surface area contributed by atoms with Crippen LogP contribution in [0.5, 0.6) is 17.2 Å². The fourth-order valence-electron chi connectivity index (χ4n) is 8.44. The Morgan fingerprint density at radius 3 is 2.57 bits per heavy atom. The molecule has 3 aromatic rings. The van der Waals surface area contributed by atoms with Crippen molar-refractivity contribution in [1.29, 1.82) is 0 Å². The van der Waals surface area contributed by atoms with Gasteiger partial charge >= 0.3 is 5.97 Å². The lowest BCUT2D eigenvalue weighted by Gasteiger charge is -2.43. The molecule has 284 valence electrons. The quantitative estimate of drug-likeness (QED) is 0.205. The number of alkyl halides is 2. The third-order valence-corrected chi connectivity index (χ3v) is 12.1. The van der Waals surface area contributed by atoms with E-state index in [0.29, 0.717) is 78.6 Å². The summed E-state index contributed by atoms with van der Waals surface area (Å²) in [5.41, 5.74) is 0.568. The number of benzene rings is 2. The molecule has 3 fully saturated rings.